The topological polar surface area (TPSA) is 80.8 Å². The molecule has 0 unspecified atom stereocenters. The molecule has 0 radical (unpaired) electrons. The number of hydrogen-bond donors (Lipinski definition) is 0. The van der Waals surface area contributed by atoms with Crippen LogP contribution in [-0.4, -0.2) is 44.0 Å². The first-order valence-corrected chi connectivity index (χ1v) is 8.86. The van der Waals surface area contributed by atoms with Crippen molar-refractivity contribution >= 4 is 21.9 Å². The van der Waals surface area contributed by atoms with Gasteiger partial charge in [0.1, 0.15) is 0 Å². The average Bonchev–Trinajstić information content (AvgIpc) is 2.74. The van der Waals surface area contributed by atoms with Crippen LogP contribution in [0.15, 0.2) is 24.3 Å². The Labute approximate surface area is 130 Å². The second-order valence-corrected chi connectivity index (χ2v) is 6.86. The van der Waals surface area contributed by atoms with E-state index in [0.717, 1.165) is 11.3 Å². The van der Waals surface area contributed by atoms with Crippen LogP contribution in [-0.2, 0) is 14.3 Å². The highest BCUT2D eigenvalue weighted by atomic mass is 32.2. The van der Waals surface area contributed by atoms with Crippen molar-refractivity contribution in [1.82, 2.24) is 4.90 Å². The van der Waals surface area contributed by atoms with Crippen LogP contribution in [0, 0.1) is 0 Å². The fourth-order valence-corrected chi connectivity index (χ4v) is 3.36. The summed E-state index contributed by atoms with van der Waals surface area (Å²) in [5.41, 5.74) is 0.785. The van der Waals surface area contributed by atoms with E-state index < -0.39 is 10.1 Å². The van der Waals surface area contributed by atoms with E-state index in [4.69, 9.17) is 4.18 Å². The maximum Gasteiger partial charge on any atom is 0.267 e. The minimum absolute atomic E-state index is 0.00346. The molecule has 0 atom stereocenters. The van der Waals surface area contributed by atoms with Gasteiger partial charge in [0.25, 0.3) is 21.9 Å². The highest BCUT2D eigenvalue weighted by molar-refractivity contribution is 7.86. The molecule has 22 heavy (non-hydrogen) atoms. The van der Waals surface area contributed by atoms with Crippen LogP contribution in [0.4, 0.5) is 0 Å². The minimum atomic E-state index is -3.51. The number of benzene rings is 1. The van der Waals surface area contributed by atoms with Crippen molar-refractivity contribution in [3.8, 4) is 0 Å². The van der Waals surface area contributed by atoms with E-state index in [1.54, 1.807) is 24.3 Å². The molecule has 2 rings (SSSR count). The Kier molecular flexibility index (Phi) is 5.31. The smallest absolute Gasteiger partial charge is 0.267 e. The Morgan fingerprint density at radius 1 is 1.05 bits per heavy atom. The van der Waals surface area contributed by atoms with Gasteiger partial charge in [0.2, 0.25) is 0 Å². The molecule has 0 bridgehead atoms. The zero-order chi connectivity index (χ0) is 16.2. The largest absolute Gasteiger partial charge is 0.274 e. The van der Waals surface area contributed by atoms with E-state index >= 15 is 0 Å². The van der Waals surface area contributed by atoms with Crippen LogP contribution in [0.3, 0.4) is 0 Å². The Morgan fingerprint density at radius 3 is 2.18 bits per heavy atom. The Hall–Kier alpha value is -1.73. The van der Waals surface area contributed by atoms with Gasteiger partial charge in [-0.25, -0.2) is 0 Å². The molecule has 0 fully saturated rings. The van der Waals surface area contributed by atoms with E-state index in [-0.39, 0.29) is 37.1 Å². The van der Waals surface area contributed by atoms with Gasteiger partial charge < -0.3 is 0 Å². The van der Waals surface area contributed by atoms with Crippen LogP contribution >= 0.6 is 0 Å². The molecule has 0 aliphatic carbocycles. The lowest BCUT2D eigenvalue weighted by atomic mass is 10.1. The van der Waals surface area contributed by atoms with Crippen molar-refractivity contribution in [2.45, 2.75) is 26.2 Å². The molecule has 7 heteroatoms. The molecule has 120 valence electrons. The van der Waals surface area contributed by atoms with Gasteiger partial charge in [-0.2, -0.15) is 8.42 Å². The zero-order valence-corrected chi connectivity index (χ0v) is 13.3. The first kappa shape index (κ1) is 16.6. The number of unbranched alkanes of at least 4 members (excludes halogenated alkanes) is 1. The standard InChI is InChI=1S/C15H19NO5S/c1-2-3-11-22(19,20)21-10-6-9-16-14(17)12-7-4-5-8-13(12)15(16)18/h4-5,7-8H,2-3,6,9-11H2,1H3. The van der Waals surface area contributed by atoms with Crippen molar-refractivity contribution in [3.05, 3.63) is 35.4 Å². The summed E-state index contributed by atoms with van der Waals surface area (Å²) in [6.45, 7) is 2.02. The summed E-state index contributed by atoms with van der Waals surface area (Å²) in [5.74, 6) is -0.680. The maximum atomic E-state index is 12.1. The average molecular weight is 325 g/mol. The molecule has 2 amide bonds. The predicted molar refractivity (Wildman–Crippen MR) is 81.1 cm³/mol. The van der Waals surface area contributed by atoms with Gasteiger partial charge in [-0.1, -0.05) is 25.5 Å². The SMILES string of the molecule is CCCCS(=O)(=O)OCCCN1C(=O)c2ccccc2C1=O. The molecule has 1 aromatic rings. The van der Waals surface area contributed by atoms with Gasteiger partial charge in [0.15, 0.2) is 0 Å². The van der Waals surface area contributed by atoms with E-state index in [2.05, 4.69) is 0 Å². The summed E-state index contributed by atoms with van der Waals surface area (Å²) >= 11 is 0. The third kappa shape index (κ3) is 3.72. The zero-order valence-electron chi connectivity index (χ0n) is 12.4. The molecule has 0 aromatic heterocycles. The highest BCUT2D eigenvalue weighted by Crippen LogP contribution is 2.22. The molecule has 0 N–H and O–H groups in total. The van der Waals surface area contributed by atoms with Gasteiger partial charge in [-0.05, 0) is 25.0 Å². The second kappa shape index (κ2) is 7.02. The Balaban J connectivity index is 1.84. The fraction of sp³-hybridized carbons (Fsp3) is 0.467. The van der Waals surface area contributed by atoms with Crippen molar-refractivity contribution in [3.63, 3.8) is 0 Å². The monoisotopic (exact) mass is 325 g/mol. The highest BCUT2D eigenvalue weighted by Gasteiger charge is 2.34. The summed E-state index contributed by atoms with van der Waals surface area (Å²) in [7, 11) is -3.51. The minimum Gasteiger partial charge on any atom is -0.274 e. The normalized spacial score (nSPS) is 14.5. The lowest BCUT2D eigenvalue weighted by Crippen LogP contribution is -2.31. The van der Waals surface area contributed by atoms with Crippen LogP contribution < -0.4 is 0 Å². The van der Waals surface area contributed by atoms with Gasteiger partial charge >= 0.3 is 0 Å². The molecule has 6 nitrogen and oxygen atoms in total. The molecule has 1 aliphatic heterocycles. The molecular weight excluding hydrogens is 306 g/mol. The molecule has 0 saturated carbocycles. The van der Waals surface area contributed by atoms with Gasteiger partial charge in [-0.15, -0.1) is 0 Å². The quantitative estimate of drug-likeness (QED) is 0.414. The maximum absolute atomic E-state index is 12.1. The van der Waals surface area contributed by atoms with E-state index in [9.17, 15) is 18.0 Å². The molecule has 0 saturated heterocycles. The number of imide groups is 1. The van der Waals surface area contributed by atoms with Crippen molar-refractivity contribution in [1.29, 1.82) is 0 Å². The van der Waals surface area contributed by atoms with Gasteiger partial charge in [-0.3, -0.25) is 18.7 Å². The summed E-state index contributed by atoms with van der Waals surface area (Å²) in [5, 5.41) is 0. The van der Waals surface area contributed by atoms with E-state index in [0.29, 0.717) is 17.5 Å². The third-order valence-corrected chi connectivity index (χ3v) is 4.73. The molecule has 1 aromatic carbocycles. The van der Waals surface area contributed by atoms with Crippen LogP contribution in [0.1, 0.15) is 46.9 Å². The van der Waals surface area contributed by atoms with Crippen LogP contribution in [0.5, 0.6) is 0 Å². The Bertz CT molecular complexity index is 633. The van der Waals surface area contributed by atoms with Gasteiger partial charge in [0, 0.05) is 6.54 Å². The first-order chi connectivity index (χ1) is 10.5. The number of nitrogens with zero attached hydrogens (tertiary/aromatic N) is 1. The van der Waals surface area contributed by atoms with Crippen molar-refractivity contribution in [2.75, 3.05) is 18.9 Å². The van der Waals surface area contributed by atoms with E-state index in [1.807, 2.05) is 6.92 Å². The lowest BCUT2D eigenvalue weighted by molar-refractivity contribution is 0.0647. The van der Waals surface area contributed by atoms with Crippen molar-refractivity contribution < 1.29 is 22.2 Å². The summed E-state index contributed by atoms with van der Waals surface area (Å²) in [6.07, 6.45) is 1.62. The lowest BCUT2D eigenvalue weighted by Gasteiger charge is -2.13. The molecular formula is C15H19NO5S. The predicted octanol–water partition coefficient (Wildman–Crippen LogP) is 1.82. The number of hydrogen-bond acceptors (Lipinski definition) is 5. The third-order valence-electron chi connectivity index (χ3n) is 3.42. The molecule has 0 spiro atoms. The van der Waals surface area contributed by atoms with Crippen LogP contribution in [0.25, 0.3) is 0 Å². The van der Waals surface area contributed by atoms with Crippen molar-refractivity contribution in [2.24, 2.45) is 0 Å². The van der Waals surface area contributed by atoms with E-state index in [1.165, 1.54) is 0 Å². The summed E-state index contributed by atoms with van der Waals surface area (Å²) in [4.78, 5) is 25.3. The number of fused-ring (bicyclic) bond motifs is 1. The van der Waals surface area contributed by atoms with Gasteiger partial charge in [0.05, 0.1) is 23.5 Å². The Morgan fingerprint density at radius 2 is 1.64 bits per heavy atom. The second-order valence-electron chi connectivity index (χ2n) is 5.10. The number of carbonyl (C=O) groups is 2. The number of rotatable bonds is 8. The summed E-state index contributed by atoms with van der Waals surface area (Å²) in [6, 6.07) is 6.64. The number of carbonyl (C=O) groups excluding carboxylic acids is 2. The fourth-order valence-electron chi connectivity index (χ4n) is 2.23. The summed E-state index contributed by atoms with van der Waals surface area (Å²) < 4.78 is 27.9. The molecule has 1 aliphatic rings. The molecule has 1 heterocycles. The van der Waals surface area contributed by atoms with Crippen LogP contribution in [0.2, 0.25) is 0 Å². The number of amides is 2. The first-order valence-electron chi connectivity index (χ1n) is 7.28.